The molecule has 1 unspecified atom stereocenters. The predicted molar refractivity (Wildman–Crippen MR) is 88.6 cm³/mol. The molecule has 5 heteroatoms. The van der Waals surface area contributed by atoms with Crippen LogP contribution < -0.4 is 5.32 Å². The number of aliphatic hydroxyl groups is 1. The number of hydrogen-bond donors (Lipinski definition) is 2. The molecule has 0 aromatic carbocycles. The minimum Gasteiger partial charge on any atom is -0.392 e. The van der Waals surface area contributed by atoms with Crippen LogP contribution in [0.25, 0.3) is 0 Å². The van der Waals surface area contributed by atoms with Crippen molar-refractivity contribution in [1.82, 2.24) is 15.1 Å². The van der Waals surface area contributed by atoms with Gasteiger partial charge in [-0.3, -0.25) is 4.68 Å². The van der Waals surface area contributed by atoms with Crippen LogP contribution in [0.2, 0.25) is 5.15 Å². The normalized spacial score (nSPS) is 14.2. The zero-order valence-electron chi connectivity index (χ0n) is 14.4. The Balaban J connectivity index is 2.73. The van der Waals surface area contributed by atoms with Crippen LogP contribution in [-0.4, -0.2) is 27.5 Å². The molecule has 1 aromatic rings. The molecule has 0 radical (unpaired) electrons. The van der Waals surface area contributed by atoms with E-state index in [-0.39, 0.29) is 17.4 Å². The van der Waals surface area contributed by atoms with Crippen molar-refractivity contribution >= 4 is 11.6 Å². The predicted octanol–water partition coefficient (Wildman–Crippen LogP) is 3.33. The Bertz CT molecular complexity index is 466. The van der Waals surface area contributed by atoms with Gasteiger partial charge in [0.1, 0.15) is 5.15 Å². The second kappa shape index (κ2) is 7.12. The van der Waals surface area contributed by atoms with Gasteiger partial charge in [0.2, 0.25) is 0 Å². The lowest BCUT2D eigenvalue weighted by Gasteiger charge is -2.33. The Morgan fingerprint density at radius 1 is 1.29 bits per heavy atom. The maximum Gasteiger partial charge on any atom is 0.131 e. The first-order valence-electron chi connectivity index (χ1n) is 7.68. The summed E-state index contributed by atoms with van der Waals surface area (Å²) in [5, 5.41) is 18.9. The zero-order valence-corrected chi connectivity index (χ0v) is 15.1. The third-order valence-corrected chi connectivity index (χ3v) is 4.43. The van der Waals surface area contributed by atoms with Crippen molar-refractivity contribution in [2.24, 2.45) is 18.4 Å². The van der Waals surface area contributed by atoms with Gasteiger partial charge in [-0.2, -0.15) is 5.10 Å². The molecule has 2 N–H and O–H groups in total. The third kappa shape index (κ3) is 4.44. The molecule has 0 aliphatic rings. The van der Waals surface area contributed by atoms with E-state index in [2.05, 4.69) is 38.1 Å². The number of rotatable bonds is 7. The molecule has 0 amide bonds. The highest BCUT2D eigenvalue weighted by Gasteiger charge is 2.30. The number of hydrogen-bond acceptors (Lipinski definition) is 3. The molecule has 122 valence electrons. The highest BCUT2D eigenvalue weighted by Crippen LogP contribution is 2.27. The Morgan fingerprint density at radius 3 is 2.33 bits per heavy atom. The van der Waals surface area contributed by atoms with Crippen LogP contribution in [0.3, 0.4) is 0 Å². The molecule has 1 rings (SSSR count). The molecule has 1 atom stereocenters. The van der Waals surface area contributed by atoms with Crippen LogP contribution in [0.5, 0.6) is 0 Å². The molecule has 0 bridgehead atoms. The standard InChI is InChI=1S/C16H30ClN3O/c1-10(2)13-12(15(17)20(7)19-13)8-18-9-16(5,6)14(21)11(3)4/h10-11,14,18,21H,8-9H2,1-7H3. The quantitative estimate of drug-likeness (QED) is 0.811. The van der Waals surface area contributed by atoms with E-state index >= 15 is 0 Å². The molecular formula is C16H30ClN3O. The molecule has 1 heterocycles. The molecule has 0 saturated heterocycles. The van der Waals surface area contributed by atoms with Gasteiger partial charge in [-0.25, -0.2) is 0 Å². The van der Waals surface area contributed by atoms with E-state index in [1.165, 1.54) is 0 Å². The van der Waals surface area contributed by atoms with Crippen LogP contribution in [-0.2, 0) is 13.6 Å². The van der Waals surface area contributed by atoms with Crippen LogP contribution in [0.15, 0.2) is 0 Å². The van der Waals surface area contributed by atoms with Gasteiger partial charge in [0.15, 0.2) is 0 Å². The number of nitrogens with one attached hydrogen (secondary N) is 1. The second-order valence-corrected chi connectivity index (χ2v) is 7.57. The van der Waals surface area contributed by atoms with Gasteiger partial charge in [0, 0.05) is 31.1 Å². The average molecular weight is 316 g/mol. The van der Waals surface area contributed by atoms with E-state index in [0.717, 1.165) is 17.8 Å². The number of aliphatic hydroxyl groups excluding tert-OH is 1. The molecule has 0 aliphatic heterocycles. The summed E-state index contributed by atoms with van der Waals surface area (Å²) in [6.07, 6.45) is -0.334. The van der Waals surface area contributed by atoms with E-state index in [4.69, 9.17) is 11.6 Å². The Kier molecular flexibility index (Phi) is 6.26. The monoisotopic (exact) mass is 315 g/mol. The summed E-state index contributed by atoms with van der Waals surface area (Å²) in [6, 6.07) is 0. The zero-order chi connectivity index (χ0) is 16.4. The molecular weight excluding hydrogens is 286 g/mol. The van der Waals surface area contributed by atoms with E-state index in [0.29, 0.717) is 17.6 Å². The largest absolute Gasteiger partial charge is 0.392 e. The minimum atomic E-state index is -0.334. The highest BCUT2D eigenvalue weighted by atomic mass is 35.5. The summed E-state index contributed by atoms with van der Waals surface area (Å²) in [6.45, 7) is 13.9. The van der Waals surface area contributed by atoms with Gasteiger partial charge in [0.05, 0.1) is 11.8 Å². The molecule has 4 nitrogen and oxygen atoms in total. The summed E-state index contributed by atoms with van der Waals surface area (Å²) >= 11 is 6.33. The van der Waals surface area contributed by atoms with Gasteiger partial charge < -0.3 is 10.4 Å². The molecule has 0 fully saturated rings. The first-order valence-corrected chi connectivity index (χ1v) is 8.05. The summed E-state index contributed by atoms with van der Waals surface area (Å²) < 4.78 is 1.72. The fourth-order valence-corrected chi connectivity index (χ4v) is 2.91. The molecule has 21 heavy (non-hydrogen) atoms. The van der Waals surface area contributed by atoms with Crippen molar-refractivity contribution in [3.8, 4) is 0 Å². The smallest absolute Gasteiger partial charge is 0.131 e. The van der Waals surface area contributed by atoms with Gasteiger partial charge in [-0.05, 0) is 11.8 Å². The number of aryl methyl sites for hydroxylation is 1. The van der Waals surface area contributed by atoms with Crippen molar-refractivity contribution in [2.45, 2.75) is 60.1 Å². The lowest BCUT2D eigenvalue weighted by molar-refractivity contribution is 0.0134. The Hall–Kier alpha value is -0.580. The van der Waals surface area contributed by atoms with Crippen molar-refractivity contribution in [1.29, 1.82) is 0 Å². The summed E-state index contributed by atoms with van der Waals surface area (Å²) in [5.41, 5.74) is 1.92. The first kappa shape index (κ1) is 18.5. The van der Waals surface area contributed by atoms with Crippen LogP contribution >= 0.6 is 11.6 Å². The van der Waals surface area contributed by atoms with Crippen LogP contribution in [0, 0.1) is 11.3 Å². The van der Waals surface area contributed by atoms with E-state index in [9.17, 15) is 5.11 Å². The molecule has 0 aliphatic carbocycles. The minimum absolute atomic E-state index is 0.180. The number of nitrogens with zero attached hydrogens (tertiary/aromatic N) is 2. The first-order chi connectivity index (χ1) is 9.58. The highest BCUT2D eigenvalue weighted by molar-refractivity contribution is 6.30. The number of aromatic nitrogens is 2. The van der Waals surface area contributed by atoms with Gasteiger partial charge in [0.25, 0.3) is 0 Å². The third-order valence-electron chi connectivity index (χ3n) is 3.96. The fourth-order valence-electron chi connectivity index (χ4n) is 2.71. The maximum absolute atomic E-state index is 10.3. The fraction of sp³-hybridized carbons (Fsp3) is 0.812. The topological polar surface area (TPSA) is 50.1 Å². The van der Waals surface area contributed by atoms with E-state index in [1.54, 1.807) is 4.68 Å². The van der Waals surface area contributed by atoms with Crippen LogP contribution in [0.4, 0.5) is 0 Å². The van der Waals surface area contributed by atoms with E-state index < -0.39 is 0 Å². The van der Waals surface area contributed by atoms with Gasteiger partial charge in [-0.1, -0.05) is 53.1 Å². The van der Waals surface area contributed by atoms with Gasteiger partial charge in [-0.15, -0.1) is 0 Å². The van der Waals surface area contributed by atoms with Crippen molar-refractivity contribution in [2.75, 3.05) is 6.54 Å². The summed E-state index contributed by atoms with van der Waals surface area (Å²) in [7, 11) is 1.87. The van der Waals surface area contributed by atoms with Gasteiger partial charge >= 0.3 is 0 Å². The number of halogens is 1. The lowest BCUT2D eigenvalue weighted by atomic mass is 9.80. The van der Waals surface area contributed by atoms with E-state index in [1.807, 2.05) is 20.9 Å². The lowest BCUT2D eigenvalue weighted by Crippen LogP contribution is -2.41. The average Bonchev–Trinajstić information content (AvgIpc) is 2.65. The van der Waals surface area contributed by atoms with Crippen molar-refractivity contribution in [3.63, 3.8) is 0 Å². The van der Waals surface area contributed by atoms with Crippen LogP contribution in [0.1, 0.15) is 58.7 Å². The Labute approximate surface area is 133 Å². The summed E-state index contributed by atoms with van der Waals surface area (Å²) in [4.78, 5) is 0. The molecule has 1 aromatic heterocycles. The van der Waals surface area contributed by atoms with Crippen molar-refractivity contribution in [3.05, 3.63) is 16.4 Å². The summed E-state index contributed by atoms with van der Waals surface area (Å²) in [5.74, 6) is 0.588. The molecule has 0 saturated carbocycles. The SMILES string of the molecule is CC(C)c1nn(C)c(Cl)c1CNCC(C)(C)C(O)C(C)C. The van der Waals surface area contributed by atoms with Crippen molar-refractivity contribution < 1.29 is 5.11 Å². The molecule has 0 spiro atoms. The second-order valence-electron chi connectivity index (χ2n) is 7.21. The maximum atomic E-state index is 10.3. The Morgan fingerprint density at radius 2 is 1.86 bits per heavy atom.